The highest BCUT2D eigenvalue weighted by Gasteiger charge is 2.06. The molecule has 0 atom stereocenters. The van der Waals surface area contributed by atoms with E-state index >= 15 is 0 Å². The van der Waals surface area contributed by atoms with Crippen LogP contribution in [0.3, 0.4) is 0 Å². The van der Waals surface area contributed by atoms with E-state index in [1.54, 1.807) is 22.9 Å². The zero-order chi connectivity index (χ0) is 12.3. The standard InChI is InChI=1S/C11H8N4O2/c12-4-9-3-8(1-2-13-9)5-15-6-10(11(16)17)14-7-15/h1-3,6-7H,5H2,(H,16,17). The first-order chi connectivity index (χ1) is 8.19. The second-order valence-corrected chi connectivity index (χ2v) is 3.40. The highest BCUT2D eigenvalue weighted by molar-refractivity contribution is 5.84. The Morgan fingerprint density at radius 2 is 2.35 bits per heavy atom. The summed E-state index contributed by atoms with van der Waals surface area (Å²) in [7, 11) is 0. The first-order valence-electron chi connectivity index (χ1n) is 4.79. The molecule has 2 aromatic rings. The molecule has 0 bridgehead atoms. The largest absolute Gasteiger partial charge is 0.476 e. The molecule has 0 aromatic carbocycles. The zero-order valence-corrected chi connectivity index (χ0v) is 8.74. The molecule has 0 amide bonds. The number of carboxylic acid groups (broad SMARTS) is 1. The van der Waals surface area contributed by atoms with Gasteiger partial charge in [-0.2, -0.15) is 5.26 Å². The molecule has 2 rings (SSSR count). The van der Waals surface area contributed by atoms with Gasteiger partial charge in [-0.1, -0.05) is 0 Å². The van der Waals surface area contributed by atoms with Gasteiger partial charge in [0.2, 0.25) is 0 Å². The maximum atomic E-state index is 10.6. The number of carboxylic acids is 1. The lowest BCUT2D eigenvalue weighted by molar-refractivity contribution is 0.0691. The summed E-state index contributed by atoms with van der Waals surface area (Å²) >= 11 is 0. The van der Waals surface area contributed by atoms with Crippen molar-refractivity contribution in [1.29, 1.82) is 5.26 Å². The Hall–Kier alpha value is -2.68. The Labute approximate surface area is 96.8 Å². The minimum atomic E-state index is -1.06. The van der Waals surface area contributed by atoms with E-state index < -0.39 is 5.97 Å². The van der Waals surface area contributed by atoms with E-state index in [2.05, 4.69) is 9.97 Å². The van der Waals surface area contributed by atoms with Crippen LogP contribution in [0.5, 0.6) is 0 Å². The molecule has 0 saturated heterocycles. The van der Waals surface area contributed by atoms with Crippen LogP contribution in [0.4, 0.5) is 0 Å². The molecular weight excluding hydrogens is 220 g/mol. The van der Waals surface area contributed by atoms with Crippen molar-refractivity contribution >= 4 is 5.97 Å². The van der Waals surface area contributed by atoms with Crippen LogP contribution in [0.25, 0.3) is 0 Å². The predicted molar refractivity (Wildman–Crippen MR) is 57.2 cm³/mol. The Balaban J connectivity index is 2.19. The van der Waals surface area contributed by atoms with Crippen LogP contribution in [0, 0.1) is 11.3 Å². The number of rotatable bonds is 3. The van der Waals surface area contributed by atoms with Crippen molar-refractivity contribution in [1.82, 2.24) is 14.5 Å². The van der Waals surface area contributed by atoms with Crippen molar-refractivity contribution in [3.8, 4) is 6.07 Å². The van der Waals surface area contributed by atoms with E-state index in [1.165, 1.54) is 12.5 Å². The van der Waals surface area contributed by atoms with Crippen LogP contribution >= 0.6 is 0 Å². The molecule has 0 aliphatic rings. The molecule has 0 fully saturated rings. The van der Waals surface area contributed by atoms with Gasteiger partial charge in [0.25, 0.3) is 0 Å². The summed E-state index contributed by atoms with van der Waals surface area (Å²) in [5.41, 5.74) is 1.20. The Morgan fingerprint density at radius 1 is 1.53 bits per heavy atom. The fourth-order valence-electron chi connectivity index (χ4n) is 1.40. The number of hydrogen-bond acceptors (Lipinski definition) is 4. The fraction of sp³-hybridized carbons (Fsp3) is 0.0909. The van der Waals surface area contributed by atoms with E-state index in [9.17, 15) is 4.79 Å². The smallest absolute Gasteiger partial charge is 0.356 e. The highest BCUT2D eigenvalue weighted by Crippen LogP contribution is 2.05. The molecule has 2 heterocycles. The molecule has 0 aliphatic heterocycles. The Morgan fingerprint density at radius 3 is 3.00 bits per heavy atom. The van der Waals surface area contributed by atoms with Crippen LogP contribution in [-0.4, -0.2) is 25.6 Å². The van der Waals surface area contributed by atoms with E-state index in [4.69, 9.17) is 10.4 Å². The number of hydrogen-bond donors (Lipinski definition) is 1. The van der Waals surface area contributed by atoms with Gasteiger partial charge in [0.05, 0.1) is 6.33 Å². The lowest BCUT2D eigenvalue weighted by Gasteiger charge is -2.01. The van der Waals surface area contributed by atoms with E-state index in [0.717, 1.165) is 5.56 Å². The Kier molecular flexibility index (Phi) is 2.83. The summed E-state index contributed by atoms with van der Waals surface area (Å²) in [6.07, 6.45) is 4.42. The average Bonchev–Trinajstić information content (AvgIpc) is 2.78. The van der Waals surface area contributed by atoms with Gasteiger partial charge in [0, 0.05) is 18.9 Å². The van der Waals surface area contributed by atoms with Crippen molar-refractivity contribution in [2.45, 2.75) is 6.54 Å². The minimum absolute atomic E-state index is 0.000405. The van der Waals surface area contributed by atoms with Gasteiger partial charge in [-0.3, -0.25) is 0 Å². The molecule has 0 radical (unpaired) electrons. The summed E-state index contributed by atoms with van der Waals surface area (Å²) in [4.78, 5) is 18.2. The predicted octanol–water partition coefficient (Wildman–Crippen LogP) is 0.896. The van der Waals surface area contributed by atoms with E-state index in [0.29, 0.717) is 12.2 Å². The summed E-state index contributed by atoms with van der Waals surface area (Å²) < 4.78 is 1.64. The number of aromatic carboxylic acids is 1. The van der Waals surface area contributed by atoms with Crippen molar-refractivity contribution in [2.75, 3.05) is 0 Å². The van der Waals surface area contributed by atoms with Gasteiger partial charge in [-0.15, -0.1) is 0 Å². The molecule has 0 unspecified atom stereocenters. The summed E-state index contributed by atoms with van der Waals surface area (Å²) in [6, 6.07) is 5.36. The van der Waals surface area contributed by atoms with Crippen molar-refractivity contribution in [3.05, 3.63) is 47.8 Å². The van der Waals surface area contributed by atoms with Crippen LogP contribution < -0.4 is 0 Å². The first-order valence-corrected chi connectivity index (χ1v) is 4.79. The van der Waals surface area contributed by atoms with Crippen molar-refractivity contribution < 1.29 is 9.90 Å². The summed E-state index contributed by atoms with van der Waals surface area (Å²) in [5, 5.41) is 17.4. The van der Waals surface area contributed by atoms with Crippen molar-refractivity contribution in [3.63, 3.8) is 0 Å². The maximum Gasteiger partial charge on any atom is 0.356 e. The van der Waals surface area contributed by atoms with Gasteiger partial charge in [-0.05, 0) is 17.7 Å². The molecule has 1 N–H and O–H groups in total. The lowest BCUT2D eigenvalue weighted by atomic mass is 10.2. The third-order valence-electron chi connectivity index (χ3n) is 2.16. The summed E-state index contributed by atoms with van der Waals surface area (Å²) in [5.74, 6) is -1.06. The molecular formula is C11H8N4O2. The molecule has 84 valence electrons. The van der Waals surface area contributed by atoms with Crippen LogP contribution in [0.2, 0.25) is 0 Å². The molecule has 0 spiro atoms. The number of nitrogens with zero attached hydrogens (tertiary/aromatic N) is 4. The fourth-order valence-corrected chi connectivity index (χ4v) is 1.40. The quantitative estimate of drug-likeness (QED) is 0.842. The zero-order valence-electron chi connectivity index (χ0n) is 8.74. The number of carbonyl (C=O) groups is 1. The van der Waals surface area contributed by atoms with Crippen LogP contribution in [-0.2, 0) is 6.54 Å². The molecule has 17 heavy (non-hydrogen) atoms. The third kappa shape index (κ3) is 2.46. The Bertz CT molecular complexity index is 598. The number of nitriles is 1. The van der Waals surface area contributed by atoms with Crippen LogP contribution in [0.15, 0.2) is 30.9 Å². The van der Waals surface area contributed by atoms with Gasteiger partial charge < -0.3 is 9.67 Å². The highest BCUT2D eigenvalue weighted by atomic mass is 16.4. The monoisotopic (exact) mass is 228 g/mol. The van der Waals surface area contributed by atoms with Gasteiger partial charge >= 0.3 is 5.97 Å². The average molecular weight is 228 g/mol. The minimum Gasteiger partial charge on any atom is -0.476 e. The van der Waals surface area contributed by atoms with Gasteiger partial charge in [-0.25, -0.2) is 14.8 Å². The van der Waals surface area contributed by atoms with Crippen molar-refractivity contribution in [2.24, 2.45) is 0 Å². The molecule has 6 nitrogen and oxygen atoms in total. The SMILES string of the molecule is N#Cc1cc(Cn2cnc(C(=O)O)c2)ccn1. The molecule has 0 aliphatic carbocycles. The van der Waals surface area contributed by atoms with Crippen LogP contribution in [0.1, 0.15) is 21.7 Å². The van der Waals surface area contributed by atoms with E-state index in [1.807, 2.05) is 6.07 Å². The lowest BCUT2D eigenvalue weighted by Crippen LogP contribution is -1.99. The maximum absolute atomic E-state index is 10.6. The molecule has 0 saturated carbocycles. The summed E-state index contributed by atoms with van der Waals surface area (Å²) in [6.45, 7) is 0.456. The van der Waals surface area contributed by atoms with Gasteiger partial charge in [0.1, 0.15) is 11.8 Å². The second kappa shape index (κ2) is 4.45. The molecule has 6 heteroatoms. The molecule has 2 aromatic heterocycles. The van der Waals surface area contributed by atoms with E-state index in [-0.39, 0.29) is 5.69 Å². The number of imidazole rings is 1. The van der Waals surface area contributed by atoms with Gasteiger partial charge in [0.15, 0.2) is 5.69 Å². The number of aromatic nitrogens is 3. The number of pyridine rings is 1. The first kappa shape index (κ1) is 10.8. The third-order valence-corrected chi connectivity index (χ3v) is 2.16. The topological polar surface area (TPSA) is 91.8 Å². The normalized spacial score (nSPS) is 9.82. The second-order valence-electron chi connectivity index (χ2n) is 3.40.